The number of rotatable bonds is 10. The Morgan fingerprint density at radius 2 is 1.71 bits per heavy atom. The van der Waals surface area contributed by atoms with Crippen molar-refractivity contribution in [1.29, 1.82) is 0 Å². The van der Waals surface area contributed by atoms with Gasteiger partial charge in [0, 0.05) is 28.5 Å². The second-order valence-electron chi connectivity index (χ2n) is 10.1. The predicted molar refractivity (Wildman–Crippen MR) is 163 cm³/mol. The topological polar surface area (TPSA) is 83.8 Å². The Kier molecular flexibility index (Phi) is 8.11. The number of anilines is 3. The summed E-state index contributed by atoms with van der Waals surface area (Å²) in [6, 6.07) is 28.7. The van der Waals surface area contributed by atoms with Crippen LogP contribution in [-0.4, -0.2) is 51.6 Å². The number of benzene rings is 3. The molecule has 5 aromatic rings. The van der Waals surface area contributed by atoms with Crippen molar-refractivity contribution >= 4 is 40.5 Å². The number of carbonyl (C=O) groups is 1. The lowest BCUT2D eigenvalue weighted by Crippen LogP contribution is -2.25. The number of hydrogen-bond donors (Lipinski definition) is 2. The van der Waals surface area contributed by atoms with Crippen LogP contribution in [0.4, 0.5) is 17.3 Å². The fourth-order valence-electron chi connectivity index (χ4n) is 5.03. The first-order valence-electron chi connectivity index (χ1n) is 13.8. The lowest BCUT2D eigenvalue weighted by atomic mass is 10.1. The van der Waals surface area contributed by atoms with Crippen LogP contribution < -0.4 is 15.4 Å². The highest BCUT2D eigenvalue weighted by Gasteiger charge is 2.12. The Morgan fingerprint density at radius 1 is 0.902 bits per heavy atom. The first kappa shape index (κ1) is 26.8. The van der Waals surface area contributed by atoms with Crippen LogP contribution in [0, 0.1) is 0 Å². The summed E-state index contributed by atoms with van der Waals surface area (Å²) in [4.78, 5) is 19.8. The van der Waals surface area contributed by atoms with Crippen molar-refractivity contribution in [1.82, 2.24) is 19.5 Å². The average Bonchev–Trinajstić information content (AvgIpc) is 3.64. The van der Waals surface area contributed by atoms with E-state index in [1.54, 1.807) is 16.6 Å². The molecule has 0 unspecified atom stereocenters. The highest BCUT2D eigenvalue weighted by molar-refractivity contribution is 6.30. The van der Waals surface area contributed by atoms with Gasteiger partial charge in [-0.3, -0.25) is 9.69 Å². The third-order valence-corrected chi connectivity index (χ3v) is 7.28. The monoisotopic (exact) mass is 566 g/mol. The Morgan fingerprint density at radius 3 is 2.54 bits per heavy atom. The molecule has 0 aliphatic carbocycles. The maximum absolute atomic E-state index is 12.7. The van der Waals surface area contributed by atoms with E-state index in [1.165, 1.54) is 25.9 Å². The van der Waals surface area contributed by atoms with Gasteiger partial charge in [0.2, 0.25) is 11.9 Å². The van der Waals surface area contributed by atoms with E-state index in [-0.39, 0.29) is 12.3 Å². The quantitative estimate of drug-likeness (QED) is 0.202. The molecule has 1 amide bonds. The number of likely N-dealkylation sites (tertiary alicyclic amines) is 1. The van der Waals surface area contributed by atoms with Crippen LogP contribution in [0.15, 0.2) is 91.0 Å². The van der Waals surface area contributed by atoms with Gasteiger partial charge in [0.1, 0.15) is 12.4 Å². The minimum atomic E-state index is -0.113. The van der Waals surface area contributed by atoms with Crippen LogP contribution in [0.2, 0.25) is 5.02 Å². The molecule has 208 valence electrons. The van der Waals surface area contributed by atoms with E-state index < -0.39 is 0 Å². The minimum absolute atomic E-state index is 0.113. The number of nitrogens with zero attached hydrogens (tertiary/aromatic N) is 4. The molecule has 1 saturated heterocycles. The van der Waals surface area contributed by atoms with Gasteiger partial charge in [-0.15, -0.1) is 5.10 Å². The third-order valence-electron chi connectivity index (χ3n) is 7.04. The molecule has 0 saturated carbocycles. The van der Waals surface area contributed by atoms with Gasteiger partial charge in [-0.2, -0.15) is 4.98 Å². The van der Waals surface area contributed by atoms with Crippen LogP contribution in [-0.2, 0) is 11.2 Å². The van der Waals surface area contributed by atoms with Crippen LogP contribution in [0.25, 0.3) is 16.9 Å². The lowest BCUT2D eigenvalue weighted by molar-refractivity contribution is -0.115. The molecule has 0 spiro atoms. The zero-order chi connectivity index (χ0) is 28.0. The minimum Gasteiger partial charge on any atom is -0.492 e. The second-order valence-corrected chi connectivity index (χ2v) is 10.5. The van der Waals surface area contributed by atoms with Crippen molar-refractivity contribution in [2.45, 2.75) is 19.3 Å². The highest BCUT2D eigenvalue weighted by atomic mass is 35.5. The zero-order valence-electron chi connectivity index (χ0n) is 22.6. The number of amides is 1. The molecule has 0 atom stereocenters. The SMILES string of the molecule is O=C(Cc1cccc(Cl)c1)Nc1cccc(-c2cccc3nc(Nc4ccc(OCCN5CCCC5)cc4)nn23)c1. The third kappa shape index (κ3) is 6.85. The summed E-state index contributed by atoms with van der Waals surface area (Å²) in [6.45, 7) is 4.00. The van der Waals surface area contributed by atoms with E-state index in [0.717, 1.165) is 34.8 Å². The number of ether oxygens (including phenoxy) is 1. The van der Waals surface area contributed by atoms with E-state index in [2.05, 4.69) is 20.5 Å². The van der Waals surface area contributed by atoms with Gasteiger partial charge in [0.25, 0.3) is 0 Å². The molecular formula is C32H31ClN6O2. The molecule has 3 heterocycles. The standard InChI is InChI=1S/C32H31ClN6O2/c33-25-8-3-6-23(20-25)21-31(40)34-27-9-4-7-24(22-27)29-10-5-11-30-36-32(37-39(29)30)35-26-12-14-28(15-13-26)41-19-18-38-16-1-2-17-38/h3-15,20,22H,1-2,16-19,21H2,(H,34,40)(H,35,37). The summed E-state index contributed by atoms with van der Waals surface area (Å²) < 4.78 is 7.71. The molecule has 6 rings (SSSR count). The fourth-order valence-corrected chi connectivity index (χ4v) is 5.25. The van der Waals surface area contributed by atoms with Gasteiger partial charge in [0.05, 0.1) is 12.1 Å². The second kappa shape index (κ2) is 12.4. The fraction of sp³-hybridized carbons (Fsp3) is 0.219. The molecule has 9 heteroatoms. The summed E-state index contributed by atoms with van der Waals surface area (Å²) in [7, 11) is 0. The Balaban J connectivity index is 1.12. The van der Waals surface area contributed by atoms with Gasteiger partial charge in [-0.1, -0.05) is 41.9 Å². The first-order chi connectivity index (χ1) is 20.1. The lowest BCUT2D eigenvalue weighted by Gasteiger charge is -2.15. The van der Waals surface area contributed by atoms with Gasteiger partial charge >= 0.3 is 0 Å². The van der Waals surface area contributed by atoms with E-state index in [4.69, 9.17) is 21.4 Å². The van der Waals surface area contributed by atoms with Gasteiger partial charge in [-0.25, -0.2) is 4.52 Å². The van der Waals surface area contributed by atoms with Crippen LogP contribution in [0.5, 0.6) is 5.75 Å². The molecule has 8 nitrogen and oxygen atoms in total. The Hall–Kier alpha value is -4.40. The van der Waals surface area contributed by atoms with Crippen molar-refractivity contribution in [2.75, 3.05) is 36.9 Å². The van der Waals surface area contributed by atoms with Gasteiger partial charge < -0.3 is 15.4 Å². The summed E-state index contributed by atoms with van der Waals surface area (Å²) in [5, 5.41) is 11.6. The highest BCUT2D eigenvalue weighted by Crippen LogP contribution is 2.25. The number of halogens is 1. The van der Waals surface area contributed by atoms with Crippen molar-refractivity contribution in [3.05, 3.63) is 102 Å². The molecule has 1 fully saturated rings. The van der Waals surface area contributed by atoms with Crippen LogP contribution in [0.3, 0.4) is 0 Å². The van der Waals surface area contributed by atoms with Crippen molar-refractivity contribution in [3.63, 3.8) is 0 Å². The van der Waals surface area contributed by atoms with Crippen molar-refractivity contribution in [2.24, 2.45) is 0 Å². The number of nitrogens with one attached hydrogen (secondary N) is 2. The normalized spacial score (nSPS) is 13.4. The molecule has 1 aliphatic rings. The molecule has 0 radical (unpaired) electrons. The zero-order valence-corrected chi connectivity index (χ0v) is 23.3. The molecule has 3 aromatic carbocycles. The van der Waals surface area contributed by atoms with Crippen molar-refractivity contribution in [3.8, 4) is 17.0 Å². The maximum atomic E-state index is 12.7. The average molecular weight is 567 g/mol. The van der Waals surface area contributed by atoms with E-state index in [1.807, 2.05) is 78.9 Å². The molecule has 0 bridgehead atoms. The van der Waals surface area contributed by atoms with Gasteiger partial charge in [-0.05, 0) is 92.2 Å². The molecule has 2 aromatic heterocycles. The Bertz CT molecular complexity index is 1650. The predicted octanol–water partition coefficient (Wildman–Crippen LogP) is 6.45. The Labute approximate surface area is 243 Å². The molecular weight excluding hydrogens is 536 g/mol. The van der Waals surface area contributed by atoms with E-state index in [9.17, 15) is 4.79 Å². The summed E-state index contributed by atoms with van der Waals surface area (Å²) >= 11 is 6.06. The molecule has 2 N–H and O–H groups in total. The smallest absolute Gasteiger partial charge is 0.247 e. The van der Waals surface area contributed by atoms with E-state index in [0.29, 0.717) is 28.9 Å². The molecule has 1 aliphatic heterocycles. The number of pyridine rings is 1. The number of hydrogen-bond acceptors (Lipinski definition) is 6. The summed E-state index contributed by atoms with van der Waals surface area (Å²) in [5.41, 5.74) is 4.91. The number of aromatic nitrogens is 3. The molecule has 41 heavy (non-hydrogen) atoms. The summed E-state index contributed by atoms with van der Waals surface area (Å²) in [5.74, 6) is 1.23. The number of fused-ring (bicyclic) bond motifs is 1. The van der Waals surface area contributed by atoms with E-state index >= 15 is 0 Å². The van der Waals surface area contributed by atoms with Gasteiger partial charge in [0.15, 0.2) is 5.65 Å². The number of carbonyl (C=O) groups excluding carboxylic acids is 1. The van der Waals surface area contributed by atoms with Crippen LogP contribution >= 0.6 is 11.6 Å². The van der Waals surface area contributed by atoms with Crippen molar-refractivity contribution < 1.29 is 9.53 Å². The summed E-state index contributed by atoms with van der Waals surface area (Å²) in [6.07, 6.45) is 2.81. The maximum Gasteiger partial charge on any atom is 0.247 e. The van der Waals surface area contributed by atoms with Crippen LogP contribution in [0.1, 0.15) is 18.4 Å². The first-order valence-corrected chi connectivity index (χ1v) is 14.2. The largest absolute Gasteiger partial charge is 0.492 e.